The van der Waals surface area contributed by atoms with Crippen LogP contribution in [0.15, 0.2) is 29.3 Å². The average molecular weight is 340 g/mol. The van der Waals surface area contributed by atoms with Gasteiger partial charge in [-0.1, -0.05) is 25.8 Å². The molecule has 0 aromatic heterocycles. The summed E-state index contributed by atoms with van der Waals surface area (Å²) in [6, 6.07) is 7.26. The standard InChI is InChI=1S/C20H28N4O/c1-5-17-8-7-9-18(11-17)23-19(25)12-22-20(21-6-2)24-13-15(3)10-16(4)14-24/h1,7-9,11,15-16H,6,10,12-14H2,2-4H3,(H,21,22)(H,23,25). The molecule has 5 nitrogen and oxygen atoms in total. The highest BCUT2D eigenvalue weighted by Crippen LogP contribution is 2.20. The molecule has 25 heavy (non-hydrogen) atoms. The van der Waals surface area contributed by atoms with E-state index < -0.39 is 0 Å². The molecule has 5 heteroatoms. The van der Waals surface area contributed by atoms with E-state index in [4.69, 9.17) is 6.42 Å². The second-order valence-electron chi connectivity index (χ2n) is 6.79. The van der Waals surface area contributed by atoms with Crippen LogP contribution in [0.1, 0.15) is 32.8 Å². The maximum Gasteiger partial charge on any atom is 0.246 e. The molecule has 134 valence electrons. The number of benzene rings is 1. The number of carbonyl (C=O) groups is 1. The Labute approximate surface area is 150 Å². The maximum absolute atomic E-state index is 12.2. The zero-order chi connectivity index (χ0) is 18.2. The number of hydrogen-bond acceptors (Lipinski definition) is 2. The Balaban J connectivity index is 2.00. The highest BCUT2D eigenvalue weighted by molar-refractivity contribution is 5.94. The van der Waals surface area contributed by atoms with Crippen LogP contribution in [0.4, 0.5) is 5.69 Å². The van der Waals surface area contributed by atoms with Gasteiger partial charge in [0.2, 0.25) is 5.91 Å². The average Bonchev–Trinajstić information content (AvgIpc) is 2.57. The number of guanidine groups is 1. The molecule has 2 rings (SSSR count). The second kappa shape index (κ2) is 9.12. The molecule has 1 saturated heterocycles. The minimum atomic E-state index is -0.150. The number of likely N-dealkylation sites (tertiary alicyclic amines) is 1. The Morgan fingerprint density at radius 1 is 1.36 bits per heavy atom. The van der Waals surface area contributed by atoms with E-state index in [-0.39, 0.29) is 12.5 Å². The van der Waals surface area contributed by atoms with Gasteiger partial charge in [0.15, 0.2) is 5.96 Å². The van der Waals surface area contributed by atoms with Crippen molar-refractivity contribution in [2.75, 3.05) is 31.5 Å². The highest BCUT2D eigenvalue weighted by atomic mass is 16.1. The Morgan fingerprint density at radius 2 is 2.08 bits per heavy atom. The number of nitrogens with one attached hydrogen (secondary N) is 2. The van der Waals surface area contributed by atoms with Crippen LogP contribution in [0.5, 0.6) is 0 Å². The molecular weight excluding hydrogens is 312 g/mol. The molecule has 0 aliphatic carbocycles. The van der Waals surface area contributed by atoms with Crippen LogP contribution in [-0.4, -0.2) is 42.9 Å². The number of hydrogen-bond donors (Lipinski definition) is 2. The van der Waals surface area contributed by atoms with Crippen LogP contribution >= 0.6 is 0 Å². The largest absolute Gasteiger partial charge is 0.357 e. The molecule has 0 saturated carbocycles. The fourth-order valence-corrected chi connectivity index (χ4v) is 3.30. The minimum Gasteiger partial charge on any atom is -0.357 e. The van der Waals surface area contributed by atoms with Crippen molar-refractivity contribution in [1.82, 2.24) is 10.2 Å². The molecule has 2 unspecified atom stereocenters. The minimum absolute atomic E-state index is 0.0852. The molecule has 1 heterocycles. The Kier molecular flexibility index (Phi) is 6.88. The number of anilines is 1. The van der Waals surface area contributed by atoms with Gasteiger partial charge in [0.25, 0.3) is 0 Å². The predicted molar refractivity (Wildman–Crippen MR) is 104 cm³/mol. The summed E-state index contributed by atoms with van der Waals surface area (Å²) >= 11 is 0. The van der Waals surface area contributed by atoms with E-state index >= 15 is 0 Å². The number of amides is 1. The van der Waals surface area contributed by atoms with Crippen molar-refractivity contribution < 1.29 is 4.79 Å². The van der Waals surface area contributed by atoms with Crippen molar-refractivity contribution in [3.8, 4) is 12.3 Å². The molecule has 1 aromatic rings. The molecule has 2 N–H and O–H groups in total. The molecular formula is C20H28N4O. The van der Waals surface area contributed by atoms with Crippen molar-refractivity contribution >= 4 is 17.6 Å². The smallest absolute Gasteiger partial charge is 0.246 e. The van der Waals surface area contributed by atoms with E-state index in [1.165, 1.54) is 6.42 Å². The summed E-state index contributed by atoms with van der Waals surface area (Å²) in [6.45, 7) is 9.38. The summed E-state index contributed by atoms with van der Waals surface area (Å²) in [7, 11) is 0. The van der Waals surface area contributed by atoms with E-state index in [2.05, 4.69) is 40.3 Å². The first kappa shape index (κ1) is 18.9. The second-order valence-corrected chi connectivity index (χ2v) is 6.79. The third-order valence-electron chi connectivity index (χ3n) is 4.19. The molecule has 0 bridgehead atoms. The topological polar surface area (TPSA) is 56.7 Å². The lowest BCUT2D eigenvalue weighted by atomic mass is 9.92. The molecule has 0 radical (unpaired) electrons. The lowest BCUT2D eigenvalue weighted by Crippen LogP contribution is -2.48. The summed E-state index contributed by atoms with van der Waals surface area (Å²) in [5.74, 6) is 4.49. The summed E-state index contributed by atoms with van der Waals surface area (Å²) in [4.78, 5) is 19.0. The van der Waals surface area contributed by atoms with Gasteiger partial charge in [0.05, 0.1) is 0 Å². The summed E-state index contributed by atoms with van der Waals surface area (Å²) in [6.07, 6.45) is 6.63. The zero-order valence-corrected chi connectivity index (χ0v) is 15.4. The fraction of sp³-hybridized carbons (Fsp3) is 0.500. The first-order chi connectivity index (χ1) is 12.0. The quantitative estimate of drug-likeness (QED) is 0.503. The van der Waals surface area contributed by atoms with Crippen LogP contribution in [-0.2, 0) is 4.79 Å². The fourth-order valence-electron chi connectivity index (χ4n) is 3.30. The summed E-state index contributed by atoms with van der Waals surface area (Å²) in [5.41, 5.74) is 1.44. The van der Waals surface area contributed by atoms with E-state index in [0.717, 1.165) is 31.2 Å². The number of terminal acetylenes is 1. The van der Waals surface area contributed by atoms with Crippen LogP contribution in [0, 0.1) is 24.2 Å². The molecule has 1 fully saturated rings. The summed E-state index contributed by atoms with van der Waals surface area (Å²) < 4.78 is 0. The van der Waals surface area contributed by atoms with Crippen LogP contribution in [0.3, 0.4) is 0 Å². The number of piperidine rings is 1. The van der Waals surface area contributed by atoms with Gasteiger partial charge in [-0.15, -0.1) is 6.42 Å². The van der Waals surface area contributed by atoms with E-state index in [1.807, 2.05) is 25.1 Å². The third-order valence-corrected chi connectivity index (χ3v) is 4.19. The van der Waals surface area contributed by atoms with E-state index in [9.17, 15) is 4.79 Å². The van der Waals surface area contributed by atoms with Gasteiger partial charge in [0, 0.05) is 30.9 Å². The zero-order valence-electron chi connectivity index (χ0n) is 15.4. The van der Waals surface area contributed by atoms with Gasteiger partial charge < -0.3 is 15.5 Å². The number of nitrogens with zero attached hydrogens (tertiary/aromatic N) is 2. The SMILES string of the molecule is C#Cc1cccc(NC(=O)CN=C(NCC)N2CC(C)CC(C)C2)c1. The van der Waals surface area contributed by atoms with Crippen LogP contribution in [0.25, 0.3) is 0 Å². The van der Waals surface area contributed by atoms with Crippen molar-refractivity contribution in [2.24, 2.45) is 16.8 Å². The first-order valence-corrected chi connectivity index (χ1v) is 8.91. The Morgan fingerprint density at radius 3 is 2.72 bits per heavy atom. The van der Waals surface area contributed by atoms with Crippen LogP contribution < -0.4 is 10.6 Å². The van der Waals surface area contributed by atoms with Gasteiger partial charge in [0.1, 0.15) is 6.54 Å². The normalized spacial score (nSPS) is 20.7. The van der Waals surface area contributed by atoms with Gasteiger partial charge in [-0.2, -0.15) is 0 Å². The van der Waals surface area contributed by atoms with Gasteiger partial charge in [-0.25, -0.2) is 4.99 Å². The molecule has 1 aliphatic rings. The van der Waals surface area contributed by atoms with E-state index in [0.29, 0.717) is 17.5 Å². The molecule has 1 amide bonds. The molecule has 1 aromatic carbocycles. The highest BCUT2D eigenvalue weighted by Gasteiger charge is 2.24. The molecule has 2 atom stereocenters. The van der Waals surface area contributed by atoms with Gasteiger partial charge in [-0.3, -0.25) is 4.79 Å². The molecule has 0 spiro atoms. The van der Waals surface area contributed by atoms with Crippen molar-refractivity contribution in [3.63, 3.8) is 0 Å². The number of rotatable bonds is 4. The van der Waals surface area contributed by atoms with Crippen molar-refractivity contribution in [1.29, 1.82) is 0 Å². The lowest BCUT2D eigenvalue weighted by Gasteiger charge is -2.37. The monoisotopic (exact) mass is 340 g/mol. The number of carbonyl (C=O) groups excluding carboxylic acids is 1. The van der Waals surface area contributed by atoms with Gasteiger partial charge >= 0.3 is 0 Å². The Bertz CT molecular complexity index is 652. The van der Waals surface area contributed by atoms with Crippen molar-refractivity contribution in [3.05, 3.63) is 29.8 Å². The van der Waals surface area contributed by atoms with Crippen molar-refractivity contribution in [2.45, 2.75) is 27.2 Å². The predicted octanol–water partition coefficient (Wildman–Crippen LogP) is 2.55. The third kappa shape index (κ3) is 5.82. The Hall–Kier alpha value is -2.48. The molecule has 1 aliphatic heterocycles. The maximum atomic E-state index is 12.2. The number of aliphatic imine (C=N–C) groups is 1. The van der Waals surface area contributed by atoms with E-state index in [1.54, 1.807) is 6.07 Å². The van der Waals surface area contributed by atoms with Gasteiger partial charge in [-0.05, 0) is 43.4 Å². The first-order valence-electron chi connectivity index (χ1n) is 8.91. The van der Waals surface area contributed by atoms with Crippen LogP contribution in [0.2, 0.25) is 0 Å². The lowest BCUT2D eigenvalue weighted by molar-refractivity contribution is -0.114. The summed E-state index contributed by atoms with van der Waals surface area (Å²) in [5, 5.41) is 6.15.